The van der Waals surface area contributed by atoms with Crippen molar-refractivity contribution in [2.45, 2.75) is 0 Å². The lowest BCUT2D eigenvalue weighted by atomic mass is 10.0. The molecule has 2 aromatic carbocycles. The van der Waals surface area contributed by atoms with Crippen LogP contribution < -0.4 is 0 Å². The lowest BCUT2D eigenvalue weighted by Gasteiger charge is -2.03. The molecule has 0 saturated heterocycles. The van der Waals surface area contributed by atoms with Crippen LogP contribution in [0.2, 0.25) is 0 Å². The van der Waals surface area contributed by atoms with Crippen molar-refractivity contribution in [3.8, 4) is 5.75 Å². The highest BCUT2D eigenvalue weighted by molar-refractivity contribution is 6.10. The summed E-state index contributed by atoms with van der Waals surface area (Å²) >= 11 is 0. The van der Waals surface area contributed by atoms with Gasteiger partial charge in [0.25, 0.3) is 0 Å². The summed E-state index contributed by atoms with van der Waals surface area (Å²) in [5.74, 6) is -0.788. The molecule has 0 aliphatic carbocycles. The van der Waals surface area contributed by atoms with Crippen LogP contribution in [0.15, 0.2) is 48.5 Å². The highest BCUT2D eigenvalue weighted by atomic mass is 19.1. The van der Waals surface area contributed by atoms with Gasteiger partial charge in [0.2, 0.25) is 0 Å². The van der Waals surface area contributed by atoms with Crippen LogP contribution in [0.25, 0.3) is 0 Å². The Kier molecular flexibility index (Phi) is 2.68. The smallest absolute Gasteiger partial charge is 0.196 e. The highest BCUT2D eigenvalue weighted by Gasteiger charge is 2.12. The molecule has 0 unspecified atom stereocenters. The van der Waals surface area contributed by atoms with Gasteiger partial charge in [-0.2, -0.15) is 0 Å². The van der Waals surface area contributed by atoms with E-state index in [1.54, 1.807) is 12.1 Å². The molecule has 0 fully saturated rings. The van der Waals surface area contributed by atoms with Crippen LogP contribution in [0.5, 0.6) is 5.75 Å². The Hall–Kier alpha value is -2.16. The fourth-order valence-electron chi connectivity index (χ4n) is 1.42. The summed E-state index contributed by atoms with van der Waals surface area (Å²) in [7, 11) is 0. The zero-order valence-corrected chi connectivity index (χ0v) is 8.35. The third-order valence-electron chi connectivity index (χ3n) is 2.26. The molecule has 0 bridgehead atoms. The molecule has 1 N–H and O–H groups in total. The number of aromatic hydroxyl groups is 1. The van der Waals surface area contributed by atoms with Gasteiger partial charge < -0.3 is 5.11 Å². The number of ketones is 1. The van der Waals surface area contributed by atoms with Gasteiger partial charge in [0.1, 0.15) is 11.6 Å². The Bertz CT molecular complexity index is 518. The van der Waals surface area contributed by atoms with Crippen molar-refractivity contribution in [1.82, 2.24) is 0 Å². The maximum Gasteiger partial charge on any atom is 0.196 e. The van der Waals surface area contributed by atoms with E-state index in [1.807, 2.05) is 0 Å². The van der Waals surface area contributed by atoms with Crippen LogP contribution in [-0.4, -0.2) is 10.9 Å². The molecule has 2 nitrogen and oxygen atoms in total. The summed E-state index contributed by atoms with van der Waals surface area (Å²) < 4.78 is 12.7. The molecular weight excluding hydrogens is 207 g/mol. The third kappa shape index (κ3) is 1.93. The third-order valence-corrected chi connectivity index (χ3v) is 2.26. The van der Waals surface area contributed by atoms with Gasteiger partial charge in [0.05, 0.1) is 5.56 Å². The second-order valence-corrected chi connectivity index (χ2v) is 3.35. The molecule has 0 atom stereocenters. The van der Waals surface area contributed by atoms with Crippen molar-refractivity contribution >= 4 is 5.78 Å². The monoisotopic (exact) mass is 216 g/mol. The van der Waals surface area contributed by atoms with Gasteiger partial charge in [-0.1, -0.05) is 12.1 Å². The van der Waals surface area contributed by atoms with E-state index >= 15 is 0 Å². The van der Waals surface area contributed by atoms with E-state index in [0.717, 1.165) is 0 Å². The molecule has 2 aromatic rings. The number of hydrogen-bond acceptors (Lipinski definition) is 2. The molecule has 0 aliphatic heterocycles. The Labute approximate surface area is 92.0 Å². The first-order valence-corrected chi connectivity index (χ1v) is 4.77. The lowest BCUT2D eigenvalue weighted by Crippen LogP contribution is -2.01. The molecule has 0 saturated carbocycles. The van der Waals surface area contributed by atoms with Crippen LogP contribution in [-0.2, 0) is 0 Å². The van der Waals surface area contributed by atoms with Gasteiger partial charge in [-0.25, -0.2) is 4.39 Å². The second-order valence-electron chi connectivity index (χ2n) is 3.35. The van der Waals surface area contributed by atoms with Crippen molar-refractivity contribution in [1.29, 1.82) is 0 Å². The van der Waals surface area contributed by atoms with E-state index in [4.69, 9.17) is 0 Å². The van der Waals surface area contributed by atoms with Crippen LogP contribution in [0.4, 0.5) is 4.39 Å². The van der Waals surface area contributed by atoms with Crippen LogP contribution >= 0.6 is 0 Å². The first kappa shape index (κ1) is 10.4. The minimum atomic E-state index is -0.395. The number of carbonyl (C=O) groups excluding carboxylic acids is 1. The summed E-state index contributed by atoms with van der Waals surface area (Å²) in [5, 5.41) is 9.50. The Morgan fingerprint density at radius 2 is 1.62 bits per heavy atom. The molecule has 3 heteroatoms. The maximum absolute atomic E-state index is 12.7. The van der Waals surface area contributed by atoms with Gasteiger partial charge in [0.15, 0.2) is 5.78 Å². The normalized spacial score (nSPS) is 10.1. The van der Waals surface area contributed by atoms with E-state index in [2.05, 4.69) is 0 Å². The molecule has 2 rings (SSSR count). The number of phenolic OH excluding ortho intramolecular Hbond substituents is 1. The first-order chi connectivity index (χ1) is 7.68. The van der Waals surface area contributed by atoms with E-state index < -0.39 is 5.82 Å². The van der Waals surface area contributed by atoms with Gasteiger partial charge in [-0.3, -0.25) is 4.79 Å². The van der Waals surface area contributed by atoms with E-state index in [1.165, 1.54) is 36.4 Å². The summed E-state index contributed by atoms with van der Waals surface area (Å²) in [6.45, 7) is 0. The zero-order valence-electron chi connectivity index (χ0n) is 8.35. The van der Waals surface area contributed by atoms with Crippen LogP contribution in [0.1, 0.15) is 15.9 Å². The van der Waals surface area contributed by atoms with Crippen molar-refractivity contribution in [3.05, 3.63) is 65.5 Å². The maximum atomic E-state index is 12.7. The molecule has 0 aliphatic rings. The average molecular weight is 216 g/mol. The predicted octanol–water partition coefficient (Wildman–Crippen LogP) is 2.76. The van der Waals surface area contributed by atoms with E-state index in [0.29, 0.717) is 5.56 Å². The topological polar surface area (TPSA) is 37.3 Å². The molecular formula is C13H9FO2. The van der Waals surface area contributed by atoms with Crippen molar-refractivity contribution in [2.75, 3.05) is 0 Å². The molecule has 80 valence electrons. The Balaban J connectivity index is 2.40. The summed E-state index contributed by atoms with van der Waals surface area (Å²) in [6.07, 6.45) is 0. The zero-order chi connectivity index (χ0) is 11.5. The van der Waals surface area contributed by atoms with E-state index in [-0.39, 0.29) is 17.1 Å². The predicted molar refractivity (Wildman–Crippen MR) is 57.9 cm³/mol. The number of carbonyl (C=O) groups is 1. The van der Waals surface area contributed by atoms with E-state index in [9.17, 15) is 14.3 Å². The number of rotatable bonds is 2. The standard InChI is InChI=1S/C13H9FO2/c14-10-7-5-9(6-8-10)13(16)11-3-1-2-4-12(11)15/h1-8,15H. The number of halogens is 1. The number of benzene rings is 2. The summed E-state index contributed by atoms with van der Waals surface area (Å²) in [5.41, 5.74) is 0.567. The second kappa shape index (κ2) is 4.14. The number of hydrogen-bond donors (Lipinski definition) is 1. The largest absolute Gasteiger partial charge is 0.507 e. The van der Waals surface area contributed by atoms with Crippen molar-refractivity contribution in [3.63, 3.8) is 0 Å². The SMILES string of the molecule is O=C(c1ccc(F)cc1)c1ccccc1O. The molecule has 0 amide bonds. The number of para-hydroxylation sites is 1. The van der Waals surface area contributed by atoms with Crippen LogP contribution in [0.3, 0.4) is 0 Å². The average Bonchev–Trinajstić information content (AvgIpc) is 2.30. The molecule has 16 heavy (non-hydrogen) atoms. The van der Waals surface area contributed by atoms with Gasteiger partial charge >= 0.3 is 0 Å². The number of phenols is 1. The summed E-state index contributed by atoms with van der Waals surface area (Å²) in [4.78, 5) is 11.9. The minimum Gasteiger partial charge on any atom is -0.507 e. The first-order valence-electron chi connectivity index (χ1n) is 4.77. The Morgan fingerprint density at radius 3 is 2.25 bits per heavy atom. The lowest BCUT2D eigenvalue weighted by molar-refractivity contribution is 0.103. The quantitative estimate of drug-likeness (QED) is 0.784. The summed E-state index contributed by atoms with van der Waals surface area (Å²) in [6, 6.07) is 11.5. The Morgan fingerprint density at radius 1 is 1.00 bits per heavy atom. The molecule has 0 spiro atoms. The minimum absolute atomic E-state index is 0.0724. The highest BCUT2D eigenvalue weighted by Crippen LogP contribution is 2.19. The van der Waals surface area contributed by atoms with Crippen molar-refractivity contribution in [2.24, 2.45) is 0 Å². The molecule has 0 aromatic heterocycles. The fraction of sp³-hybridized carbons (Fsp3) is 0. The van der Waals surface area contributed by atoms with Crippen LogP contribution in [0, 0.1) is 5.82 Å². The van der Waals surface area contributed by atoms with Gasteiger partial charge in [-0.05, 0) is 36.4 Å². The molecule has 0 heterocycles. The van der Waals surface area contributed by atoms with Gasteiger partial charge in [-0.15, -0.1) is 0 Å². The van der Waals surface area contributed by atoms with Crippen molar-refractivity contribution < 1.29 is 14.3 Å². The molecule has 0 radical (unpaired) electrons. The fourth-order valence-corrected chi connectivity index (χ4v) is 1.42. The van der Waals surface area contributed by atoms with Gasteiger partial charge in [0, 0.05) is 5.56 Å².